The van der Waals surface area contributed by atoms with Gasteiger partial charge in [0.05, 0.1) is 12.7 Å². The minimum Gasteiger partial charge on any atom is -0.493 e. The summed E-state index contributed by atoms with van der Waals surface area (Å²) in [5, 5.41) is 0. The lowest BCUT2D eigenvalue weighted by Gasteiger charge is -2.67. The molecule has 26 heavy (non-hydrogen) atoms. The van der Waals surface area contributed by atoms with Gasteiger partial charge in [-0.25, -0.2) is 0 Å². The molecular formula is C22H28O4. The third kappa shape index (κ3) is 1.85. The van der Waals surface area contributed by atoms with E-state index in [4.69, 9.17) is 9.47 Å². The molecule has 0 unspecified atom stereocenters. The van der Waals surface area contributed by atoms with Crippen LogP contribution in [0.15, 0.2) is 35.3 Å². The lowest BCUT2D eigenvalue weighted by Crippen LogP contribution is -2.68. The van der Waals surface area contributed by atoms with Gasteiger partial charge in [0.25, 0.3) is 0 Å². The van der Waals surface area contributed by atoms with E-state index in [0.717, 1.165) is 32.1 Å². The molecule has 1 aliphatic heterocycles. The fourth-order valence-electron chi connectivity index (χ4n) is 6.12. The van der Waals surface area contributed by atoms with Gasteiger partial charge in [0.1, 0.15) is 5.60 Å². The maximum Gasteiger partial charge on any atom is 0.227 e. The van der Waals surface area contributed by atoms with Crippen molar-refractivity contribution in [1.29, 1.82) is 0 Å². The smallest absolute Gasteiger partial charge is 0.227 e. The van der Waals surface area contributed by atoms with Crippen LogP contribution in [0.3, 0.4) is 0 Å². The van der Waals surface area contributed by atoms with Crippen molar-refractivity contribution < 1.29 is 19.1 Å². The van der Waals surface area contributed by atoms with E-state index in [0.29, 0.717) is 17.9 Å². The van der Waals surface area contributed by atoms with E-state index in [2.05, 4.69) is 27.4 Å². The van der Waals surface area contributed by atoms with Crippen molar-refractivity contribution in [3.63, 3.8) is 0 Å². The number of ketones is 2. The fraction of sp³-hybridized carbons (Fsp3) is 0.636. The SMILES string of the molecule is C=C1CCC[C@@]23OC4=C(C[C@]2(C)[C@H](C)CC[C@@]13C)C(=O)C(OC)=CC4=O. The predicted molar refractivity (Wildman–Crippen MR) is 98.2 cm³/mol. The molecule has 4 nitrogen and oxygen atoms in total. The molecule has 0 saturated heterocycles. The number of methoxy groups -OCH3 is 1. The molecule has 0 N–H and O–H groups in total. The minimum atomic E-state index is -0.472. The predicted octanol–water partition coefficient (Wildman–Crippen LogP) is 4.26. The van der Waals surface area contributed by atoms with Gasteiger partial charge in [0.2, 0.25) is 11.6 Å². The average Bonchev–Trinajstić information content (AvgIpc) is 2.61. The van der Waals surface area contributed by atoms with Crippen LogP contribution in [0.4, 0.5) is 0 Å². The van der Waals surface area contributed by atoms with Gasteiger partial charge in [0.15, 0.2) is 11.5 Å². The number of Topliss-reactive ketones (excluding diaryl/α,β-unsaturated/α-hetero) is 1. The van der Waals surface area contributed by atoms with Crippen LogP contribution in [-0.2, 0) is 19.1 Å². The summed E-state index contributed by atoms with van der Waals surface area (Å²) >= 11 is 0. The molecule has 0 radical (unpaired) electrons. The van der Waals surface area contributed by atoms with E-state index < -0.39 is 5.60 Å². The first-order valence-corrected chi connectivity index (χ1v) is 9.65. The van der Waals surface area contributed by atoms with E-state index in [9.17, 15) is 9.59 Å². The Labute approximate surface area is 155 Å². The van der Waals surface area contributed by atoms with Crippen molar-refractivity contribution in [2.24, 2.45) is 16.7 Å². The molecule has 1 heterocycles. The second-order valence-corrected chi connectivity index (χ2v) is 8.97. The molecule has 0 bridgehead atoms. The van der Waals surface area contributed by atoms with Gasteiger partial charge in [-0.1, -0.05) is 32.9 Å². The van der Waals surface area contributed by atoms with E-state index in [-0.39, 0.29) is 33.9 Å². The largest absolute Gasteiger partial charge is 0.493 e. The number of hydrogen-bond acceptors (Lipinski definition) is 4. The summed E-state index contributed by atoms with van der Waals surface area (Å²) in [6.07, 6.45) is 6.88. The molecule has 0 aromatic carbocycles. The zero-order valence-corrected chi connectivity index (χ0v) is 16.2. The first kappa shape index (κ1) is 17.6. The molecule has 0 amide bonds. The molecule has 4 atom stereocenters. The molecule has 140 valence electrons. The molecule has 4 heteroatoms. The van der Waals surface area contributed by atoms with E-state index in [1.165, 1.54) is 18.8 Å². The number of carbonyl (C=O) groups is 2. The topological polar surface area (TPSA) is 52.6 Å². The van der Waals surface area contributed by atoms with Crippen molar-refractivity contribution in [3.05, 3.63) is 35.3 Å². The summed E-state index contributed by atoms with van der Waals surface area (Å²) in [4.78, 5) is 25.6. The van der Waals surface area contributed by atoms with Crippen molar-refractivity contribution in [3.8, 4) is 0 Å². The zero-order chi connectivity index (χ0) is 18.9. The number of rotatable bonds is 1. The lowest BCUT2D eigenvalue weighted by atomic mass is 9.42. The Balaban J connectivity index is 1.91. The average molecular weight is 356 g/mol. The van der Waals surface area contributed by atoms with Gasteiger partial charge in [-0.2, -0.15) is 0 Å². The number of ether oxygens (including phenoxy) is 2. The Morgan fingerprint density at radius 1 is 1.27 bits per heavy atom. The Kier molecular flexibility index (Phi) is 3.61. The normalized spacial score (nSPS) is 42.4. The first-order chi connectivity index (χ1) is 12.2. The fourth-order valence-corrected chi connectivity index (χ4v) is 6.12. The molecule has 0 aromatic rings. The van der Waals surface area contributed by atoms with Gasteiger partial charge >= 0.3 is 0 Å². The van der Waals surface area contributed by atoms with Crippen LogP contribution in [0.25, 0.3) is 0 Å². The number of hydrogen-bond donors (Lipinski definition) is 0. The highest BCUT2D eigenvalue weighted by molar-refractivity contribution is 6.21. The Morgan fingerprint density at radius 2 is 2.00 bits per heavy atom. The van der Waals surface area contributed by atoms with Crippen LogP contribution in [0, 0.1) is 16.7 Å². The molecule has 4 rings (SSSR count). The quantitative estimate of drug-likeness (QED) is 0.520. The van der Waals surface area contributed by atoms with Gasteiger partial charge < -0.3 is 9.47 Å². The van der Waals surface area contributed by atoms with E-state index >= 15 is 0 Å². The molecule has 2 saturated carbocycles. The van der Waals surface area contributed by atoms with Gasteiger partial charge in [-0.05, 0) is 44.4 Å². The highest BCUT2D eigenvalue weighted by Crippen LogP contribution is 2.69. The molecular weight excluding hydrogens is 328 g/mol. The Bertz CT molecular complexity index is 788. The Morgan fingerprint density at radius 3 is 2.69 bits per heavy atom. The van der Waals surface area contributed by atoms with Crippen molar-refractivity contribution in [2.45, 2.75) is 64.9 Å². The van der Waals surface area contributed by atoms with Gasteiger partial charge in [0, 0.05) is 16.9 Å². The molecule has 1 spiro atoms. The van der Waals surface area contributed by atoms with Crippen LogP contribution in [0.2, 0.25) is 0 Å². The monoisotopic (exact) mass is 356 g/mol. The third-order valence-corrected chi connectivity index (χ3v) is 8.06. The number of allylic oxidation sites excluding steroid dienone is 2. The van der Waals surface area contributed by atoms with E-state index in [1.807, 2.05) is 0 Å². The summed E-state index contributed by atoms with van der Waals surface area (Å²) in [6, 6.07) is 0. The highest BCUT2D eigenvalue weighted by Gasteiger charge is 2.69. The van der Waals surface area contributed by atoms with Crippen LogP contribution >= 0.6 is 0 Å². The third-order valence-electron chi connectivity index (χ3n) is 8.06. The van der Waals surface area contributed by atoms with Gasteiger partial charge in [-0.3, -0.25) is 9.59 Å². The van der Waals surface area contributed by atoms with Crippen LogP contribution < -0.4 is 0 Å². The summed E-state index contributed by atoms with van der Waals surface area (Å²) in [6.45, 7) is 11.2. The summed E-state index contributed by atoms with van der Waals surface area (Å²) < 4.78 is 11.8. The molecule has 2 fully saturated rings. The van der Waals surface area contributed by atoms with Crippen molar-refractivity contribution in [1.82, 2.24) is 0 Å². The number of carbonyl (C=O) groups excluding carboxylic acids is 2. The highest BCUT2D eigenvalue weighted by atomic mass is 16.5. The van der Waals surface area contributed by atoms with Crippen LogP contribution in [0.1, 0.15) is 59.3 Å². The second kappa shape index (κ2) is 5.34. The molecule has 3 aliphatic carbocycles. The first-order valence-electron chi connectivity index (χ1n) is 9.65. The zero-order valence-electron chi connectivity index (χ0n) is 16.2. The standard InChI is InChI=1S/C22H28O4/c1-13-7-6-9-22-20(13,3)10-8-14(2)21(22,4)12-15-18(24)17(25-5)11-16(23)19(15)26-22/h11,14H,1,6-10,12H2,2-5H3/t14-,20+,21-,22+/m1/s1. The van der Waals surface area contributed by atoms with E-state index in [1.54, 1.807) is 0 Å². The minimum absolute atomic E-state index is 0.121. The second-order valence-electron chi connectivity index (χ2n) is 8.97. The summed E-state index contributed by atoms with van der Waals surface area (Å²) in [7, 11) is 1.43. The molecule has 0 aromatic heterocycles. The summed E-state index contributed by atoms with van der Waals surface area (Å²) in [5.74, 6) is 0.326. The summed E-state index contributed by atoms with van der Waals surface area (Å²) in [5.41, 5.74) is 0.872. The van der Waals surface area contributed by atoms with Crippen LogP contribution in [-0.4, -0.2) is 24.3 Å². The van der Waals surface area contributed by atoms with Crippen molar-refractivity contribution in [2.75, 3.05) is 7.11 Å². The maximum absolute atomic E-state index is 12.9. The van der Waals surface area contributed by atoms with Crippen molar-refractivity contribution >= 4 is 11.6 Å². The molecule has 4 aliphatic rings. The van der Waals surface area contributed by atoms with Gasteiger partial charge in [-0.15, -0.1) is 0 Å². The maximum atomic E-state index is 12.9. The Hall–Kier alpha value is -1.84. The van der Waals surface area contributed by atoms with Crippen LogP contribution in [0.5, 0.6) is 0 Å². The lowest BCUT2D eigenvalue weighted by molar-refractivity contribution is -0.231.